The van der Waals surface area contributed by atoms with Crippen molar-refractivity contribution in [3.05, 3.63) is 83.0 Å². The molecule has 0 aliphatic heterocycles. The van der Waals surface area contributed by atoms with Crippen LogP contribution in [0.1, 0.15) is 26.3 Å². The normalized spacial score (nSPS) is 12.5. The van der Waals surface area contributed by atoms with Crippen molar-refractivity contribution in [3.63, 3.8) is 0 Å². The molecule has 3 aromatic heterocycles. The van der Waals surface area contributed by atoms with Gasteiger partial charge in [-0.2, -0.15) is 0 Å². The topological polar surface area (TPSA) is 17.8 Å². The molecule has 0 spiro atoms. The van der Waals surface area contributed by atoms with E-state index in [1.54, 1.807) is 0 Å². The molecule has 3 aromatic carbocycles. The summed E-state index contributed by atoms with van der Waals surface area (Å²) in [5.74, 6) is 0.964. The SMILES string of the molecule is CC(C)(C)c1ccnc(-n2c3cc(Br)ccc3c3c4sc5ccccc5c4ccc32)c1. The zero-order valence-corrected chi connectivity index (χ0v) is 20.0. The number of nitrogens with zero attached hydrogens (tertiary/aromatic N) is 2. The highest BCUT2D eigenvalue weighted by atomic mass is 79.9. The van der Waals surface area contributed by atoms with Gasteiger partial charge < -0.3 is 0 Å². The van der Waals surface area contributed by atoms with Crippen molar-refractivity contribution >= 4 is 69.2 Å². The number of benzene rings is 3. The smallest absolute Gasteiger partial charge is 0.137 e. The Balaban J connectivity index is 1.79. The molecule has 0 saturated carbocycles. The minimum absolute atomic E-state index is 0.0653. The van der Waals surface area contributed by atoms with Gasteiger partial charge in [-0.3, -0.25) is 4.57 Å². The maximum absolute atomic E-state index is 4.80. The number of aromatic nitrogens is 2. The monoisotopic (exact) mass is 484 g/mol. The number of fused-ring (bicyclic) bond motifs is 7. The summed E-state index contributed by atoms with van der Waals surface area (Å²) in [6, 6.07) is 24.2. The largest absolute Gasteiger partial charge is 0.294 e. The van der Waals surface area contributed by atoms with Crippen LogP contribution in [0, 0.1) is 0 Å². The van der Waals surface area contributed by atoms with Crippen LogP contribution >= 0.6 is 27.3 Å². The zero-order chi connectivity index (χ0) is 21.3. The summed E-state index contributed by atoms with van der Waals surface area (Å²) in [7, 11) is 0. The van der Waals surface area contributed by atoms with Gasteiger partial charge in [-0.05, 0) is 47.4 Å². The molecule has 0 aliphatic carbocycles. The Kier molecular flexibility index (Phi) is 4.08. The van der Waals surface area contributed by atoms with E-state index in [1.807, 2.05) is 17.5 Å². The van der Waals surface area contributed by atoms with Gasteiger partial charge in [0.1, 0.15) is 5.82 Å². The fourth-order valence-electron chi connectivity index (χ4n) is 4.51. The Morgan fingerprint density at radius 3 is 2.48 bits per heavy atom. The summed E-state index contributed by atoms with van der Waals surface area (Å²) < 4.78 is 6.06. The molecule has 31 heavy (non-hydrogen) atoms. The lowest BCUT2D eigenvalue weighted by molar-refractivity contribution is 0.588. The summed E-state index contributed by atoms with van der Waals surface area (Å²) in [6.07, 6.45) is 1.93. The minimum Gasteiger partial charge on any atom is -0.294 e. The third-order valence-corrected chi connectivity index (χ3v) is 7.77. The van der Waals surface area contributed by atoms with E-state index in [9.17, 15) is 0 Å². The lowest BCUT2D eigenvalue weighted by Gasteiger charge is -2.20. The molecule has 4 heteroatoms. The second-order valence-corrected chi connectivity index (χ2v) is 11.1. The van der Waals surface area contributed by atoms with Crippen LogP contribution in [-0.2, 0) is 5.41 Å². The number of hydrogen-bond donors (Lipinski definition) is 0. The van der Waals surface area contributed by atoms with E-state index in [2.05, 4.69) is 108 Å². The first-order chi connectivity index (χ1) is 14.9. The van der Waals surface area contributed by atoms with E-state index in [-0.39, 0.29) is 5.41 Å². The highest BCUT2D eigenvalue weighted by Crippen LogP contribution is 2.43. The van der Waals surface area contributed by atoms with Gasteiger partial charge in [0.2, 0.25) is 0 Å². The minimum atomic E-state index is 0.0653. The fourth-order valence-corrected chi connectivity index (χ4v) is 6.12. The van der Waals surface area contributed by atoms with Crippen LogP contribution in [0.3, 0.4) is 0 Å². The Morgan fingerprint density at radius 1 is 0.839 bits per heavy atom. The molecule has 0 fully saturated rings. The van der Waals surface area contributed by atoms with Gasteiger partial charge in [-0.25, -0.2) is 4.98 Å². The van der Waals surface area contributed by atoms with E-state index in [0.29, 0.717) is 0 Å². The van der Waals surface area contributed by atoms with Crippen molar-refractivity contribution in [1.82, 2.24) is 9.55 Å². The van der Waals surface area contributed by atoms with Gasteiger partial charge in [-0.15, -0.1) is 11.3 Å². The van der Waals surface area contributed by atoms with Crippen LogP contribution in [0.25, 0.3) is 47.8 Å². The summed E-state index contributed by atoms with van der Waals surface area (Å²) in [5.41, 5.74) is 3.72. The average Bonchev–Trinajstić information content (AvgIpc) is 3.28. The van der Waals surface area contributed by atoms with Crippen molar-refractivity contribution in [2.24, 2.45) is 0 Å². The lowest BCUT2D eigenvalue weighted by Crippen LogP contribution is -2.12. The average molecular weight is 485 g/mol. The van der Waals surface area contributed by atoms with Crippen molar-refractivity contribution in [2.75, 3.05) is 0 Å². The molecule has 0 radical (unpaired) electrons. The van der Waals surface area contributed by atoms with Crippen LogP contribution in [0.2, 0.25) is 0 Å². The van der Waals surface area contributed by atoms with Gasteiger partial charge in [0, 0.05) is 41.6 Å². The van der Waals surface area contributed by atoms with Crippen LogP contribution in [0.15, 0.2) is 77.4 Å². The first-order valence-electron chi connectivity index (χ1n) is 10.4. The molecule has 0 bridgehead atoms. The molecule has 6 rings (SSSR count). The van der Waals surface area contributed by atoms with Gasteiger partial charge >= 0.3 is 0 Å². The summed E-state index contributed by atoms with van der Waals surface area (Å²) in [5, 5.41) is 5.23. The molecule has 3 heterocycles. The molecular formula is C27H21BrN2S. The van der Waals surface area contributed by atoms with Crippen molar-refractivity contribution in [1.29, 1.82) is 0 Å². The van der Waals surface area contributed by atoms with E-state index >= 15 is 0 Å². The quantitative estimate of drug-likeness (QED) is 0.228. The molecule has 6 aromatic rings. The third-order valence-electron chi connectivity index (χ3n) is 6.08. The Bertz CT molecular complexity index is 1630. The molecular weight excluding hydrogens is 464 g/mol. The molecule has 0 N–H and O–H groups in total. The molecule has 0 unspecified atom stereocenters. The van der Waals surface area contributed by atoms with Gasteiger partial charge in [0.25, 0.3) is 0 Å². The molecule has 2 nitrogen and oxygen atoms in total. The number of hydrogen-bond acceptors (Lipinski definition) is 2. The van der Waals surface area contributed by atoms with Crippen molar-refractivity contribution < 1.29 is 0 Å². The second-order valence-electron chi connectivity index (χ2n) is 9.08. The highest BCUT2D eigenvalue weighted by Gasteiger charge is 2.20. The Hall–Kier alpha value is -2.69. The second kappa shape index (κ2) is 6.65. The van der Waals surface area contributed by atoms with E-state index < -0.39 is 0 Å². The molecule has 0 aliphatic rings. The summed E-state index contributed by atoms with van der Waals surface area (Å²) in [4.78, 5) is 4.80. The van der Waals surface area contributed by atoms with Gasteiger partial charge in [0.15, 0.2) is 0 Å². The molecule has 152 valence electrons. The van der Waals surface area contributed by atoms with Crippen molar-refractivity contribution in [3.8, 4) is 5.82 Å². The number of rotatable bonds is 1. The third kappa shape index (κ3) is 2.85. The van der Waals surface area contributed by atoms with Crippen LogP contribution in [-0.4, -0.2) is 9.55 Å². The van der Waals surface area contributed by atoms with E-state index in [0.717, 1.165) is 10.3 Å². The summed E-state index contributed by atoms with van der Waals surface area (Å²) >= 11 is 5.57. The first kappa shape index (κ1) is 19.0. The van der Waals surface area contributed by atoms with Crippen LogP contribution < -0.4 is 0 Å². The Morgan fingerprint density at radius 2 is 1.65 bits per heavy atom. The van der Waals surface area contributed by atoms with Gasteiger partial charge in [0.05, 0.1) is 11.0 Å². The number of pyridine rings is 1. The molecule has 0 saturated heterocycles. The van der Waals surface area contributed by atoms with Crippen molar-refractivity contribution in [2.45, 2.75) is 26.2 Å². The number of halogens is 1. The lowest BCUT2D eigenvalue weighted by atomic mass is 9.88. The standard InChI is InChI=1S/C27H21BrN2S/c1-27(2,3)16-12-13-29-24(14-16)30-21-11-10-19-18-6-4-5-7-23(18)31-26(19)25(21)20-9-8-17(28)15-22(20)30/h4-15H,1-3H3. The van der Waals surface area contributed by atoms with Crippen LogP contribution in [0.5, 0.6) is 0 Å². The highest BCUT2D eigenvalue weighted by molar-refractivity contribution is 9.10. The molecule has 0 atom stereocenters. The fraction of sp³-hybridized carbons (Fsp3) is 0.148. The number of thiophene rings is 1. The van der Waals surface area contributed by atoms with E-state index in [4.69, 9.17) is 4.98 Å². The molecule has 0 amide bonds. The van der Waals surface area contributed by atoms with Crippen LogP contribution in [0.4, 0.5) is 0 Å². The maximum atomic E-state index is 4.80. The van der Waals surface area contributed by atoms with Gasteiger partial charge in [-0.1, -0.05) is 67.0 Å². The summed E-state index contributed by atoms with van der Waals surface area (Å²) in [6.45, 7) is 6.74. The predicted octanol–water partition coefficient (Wildman–Crippen LogP) is 8.61. The first-order valence-corrected chi connectivity index (χ1v) is 12.0. The maximum Gasteiger partial charge on any atom is 0.137 e. The predicted molar refractivity (Wildman–Crippen MR) is 138 cm³/mol. The Labute approximate surface area is 193 Å². The zero-order valence-electron chi connectivity index (χ0n) is 17.6. The van der Waals surface area contributed by atoms with E-state index in [1.165, 1.54) is 47.5 Å².